The summed E-state index contributed by atoms with van der Waals surface area (Å²) in [5.74, 6) is 0.236. The lowest BCUT2D eigenvalue weighted by atomic mass is 10.2. The van der Waals surface area contributed by atoms with Crippen LogP contribution in [-0.4, -0.2) is 31.3 Å². The van der Waals surface area contributed by atoms with Crippen molar-refractivity contribution in [1.82, 2.24) is 0 Å². The second-order valence-corrected chi connectivity index (χ2v) is 8.34. The van der Waals surface area contributed by atoms with E-state index in [2.05, 4.69) is 10.6 Å². The van der Waals surface area contributed by atoms with Crippen molar-refractivity contribution in [2.24, 2.45) is 0 Å². The fourth-order valence-corrected chi connectivity index (χ4v) is 4.07. The molecular weight excluding hydrogens is 443 g/mol. The highest BCUT2D eigenvalue weighted by atomic mass is 32.2. The van der Waals surface area contributed by atoms with Gasteiger partial charge in [-0.3, -0.25) is 9.59 Å². The van der Waals surface area contributed by atoms with Crippen LogP contribution in [0.5, 0.6) is 11.5 Å². The largest absolute Gasteiger partial charge is 0.497 e. The van der Waals surface area contributed by atoms with Crippen LogP contribution in [0.1, 0.15) is 23.7 Å². The zero-order chi connectivity index (χ0) is 23.8. The summed E-state index contributed by atoms with van der Waals surface area (Å²) in [5, 5.41) is 5.36. The molecule has 0 aliphatic heterocycles. The van der Waals surface area contributed by atoms with Crippen LogP contribution < -0.4 is 20.1 Å². The standard InChI is InChI=1S/C25H25FN2O4S/c1-4-23(25(30)28-21-13-12-19(31-2)15-22(21)32-3)33-20-7-5-6-18(14-20)27-24(29)16-8-10-17(26)11-9-16/h5-15,23H,4H2,1-3H3,(H,27,29)(H,28,30). The predicted molar refractivity (Wildman–Crippen MR) is 129 cm³/mol. The number of carbonyl (C=O) groups excluding carboxylic acids is 2. The molecule has 3 rings (SSSR count). The van der Waals surface area contributed by atoms with Crippen LogP contribution in [-0.2, 0) is 4.79 Å². The van der Waals surface area contributed by atoms with E-state index in [1.165, 1.54) is 43.1 Å². The van der Waals surface area contributed by atoms with Crippen LogP contribution in [0.2, 0.25) is 0 Å². The number of thioether (sulfide) groups is 1. The van der Waals surface area contributed by atoms with E-state index in [4.69, 9.17) is 9.47 Å². The monoisotopic (exact) mass is 468 g/mol. The number of benzene rings is 3. The summed E-state index contributed by atoms with van der Waals surface area (Å²) in [6, 6.07) is 17.8. The Kier molecular flexibility index (Phi) is 8.32. The molecule has 0 saturated carbocycles. The second kappa shape index (κ2) is 11.4. The molecule has 8 heteroatoms. The van der Waals surface area contributed by atoms with Gasteiger partial charge in [-0.2, -0.15) is 0 Å². The minimum Gasteiger partial charge on any atom is -0.497 e. The number of hydrogen-bond donors (Lipinski definition) is 2. The molecule has 2 N–H and O–H groups in total. The molecule has 1 atom stereocenters. The molecule has 0 aliphatic rings. The average molecular weight is 469 g/mol. The Morgan fingerprint density at radius 2 is 1.73 bits per heavy atom. The van der Waals surface area contributed by atoms with Gasteiger partial charge in [0.2, 0.25) is 5.91 Å². The summed E-state index contributed by atoms with van der Waals surface area (Å²) < 4.78 is 23.6. The van der Waals surface area contributed by atoms with Gasteiger partial charge < -0.3 is 20.1 Å². The molecular formula is C25H25FN2O4S. The van der Waals surface area contributed by atoms with E-state index in [9.17, 15) is 14.0 Å². The molecule has 3 aromatic carbocycles. The first-order valence-corrected chi connectivity index (χ1v) is 11.2. The molecule has 33 heavy (non-hydrogen) atoms. The molecule has 6 nitrogen and oxygen atoms in total. The Morgan fingerprint density at radius 1 is 0.970 bits per heavy atom. The molecule has 0 fully saturated rings. The number of carbonyl (C=O) groups is 2. The van der Waals surface area contributed by atoms with E-state index in [0.717, 1.165) is 4.90 Å². The van der Waals surface area contributed by atoms with Gasteiger partial charge in [0.25, 0.3) is 5.91 Å². The lowest BCUT2D eigenvalue weighted by Crippen LogP contribution is -2.24. The quantitative estimate of drug-likeness (QED) is 0.400. The summed E-state index contributed by atoms with van der Waals surface area (Å²) in [6.07, 6.45) is 0.598. The van der Waals surface area contributed by atoms with Crippen LogP contribution in [0.3, 0.4) is 0 Å². The number of anilines is 2. The van der Waals surface area contributed by atoms with Gasteiger partial charge in [0, 0.05) is 22.2 Å². The lowest BCUT2D eigenvalue weighted by Gasteiger charge is -2.17. The van der Waals surface area contributed by atoms with Crippen molar-refractivity contribution in [2.45, 2.75) is 23.5 Å². The fraction of sp³-hybridized carbons (Fsp3) is 0.200. The highest BCUT2D eigenvalue weighted by Gasteiger charge is 2.20. The van der Waals surface area contributed by atoms with Crippen LogP contribution >= 0.6 is 11.8 Å². The first kappa shape index (κ1) is 24.1. The van der Waals surface area contributed by atoms with E-state index < -0.39 is 5.82 Å². The first-order chi connectivity index (χ1) is 15.9. The van der Waals surface area contributed by atoms with Gasteiger partial charge in [-0.15, -0.1) is 11.8 Å². The zero-order valence-corrected chi connectivity index (χ0v) is 19.4. The van der Waals surface area contributed by atoms with Crippen molar-refractivity contribution in [1.29, 1.82) is 0 Å². The van der Waals surface area contributed by atoms with Gasteiger partial charge in [-0.05, 0) is 61.0 Å². The Hall–Kier alpha value is -3.52. The molecule has 0 spiro atoms. The summed E-state index contributed by atoms with van der Waals surface area (Å²) in [7, 11) is 3.09. The highest BCUT2D eigenvalue weighted by Crippen LogP contribution is 2.32. The van der Waals surface area contributed by atoms with E-state index in [0.29, 0.717) is 34.9 Å². The van der Waals surface area contributed by atoms with Gasteiger partial charge in [-0.1, -0.05) is 13.0 Å². The number of methoxy groups -OCH3 is 2. The molecule has 0 saturated heterocycles. The molecule has 172 valence electrons. The molecule has 1 unspecified atom stereocenters. The fourth-order valence-electron chi connectivity index (χ4n) is 3.05. The maximum atomic E-state index is 13.1. The van der Waals surface area contributed by atoms with Crippen LogP contribution in [0.4, 0.5) is 15.8 Å². The van der Waals surface area contributed by atoms with E-state index in [-0.39, 0.29) is 17.1 Å². The van der Waals surface area contributed by atoms with Gasteiger partial charge >= 0.3 is 0 Å². The summed E-state index contributed by atoms with van der Waals surface area (Å²) in [6.45, 7) is 1.93. The van der Waals surface area contributed by atoms with Crippen molar-refractivity contribution in [3.8, 4) is 11.5 Å². The van der Waals surface area contributed by atoms with Crippen molar-refractivity contribution in [2.75, 3.05) is 24.9 Å². The van der Waals surface area contributed by atoms with E-state index >= 15 is 0 Å². The maximum Gasteiger partial charge on any atom is 0.255 e. The topological polar surface area (TPSA) is 76.7 Å². The number of hydrogen-bond acceptors (Lipinski definition) is 5. The number of nitrogens with one attached hydrogen (secondary N) is 2. The molecule has 0 radical (unpaired) electrons. The van der Waals surface area contributed by atoms with E-state index in [1.807, 2.05) is 13.0 Å². The number of halogens is 1. The summed E-state index contributed by atoms with van der Waals surface area (Å²) >= 11 is 1.40. The van der Waals surface area contributed by atoms with E-state index in [1.54, 1.807) is 43.5 Å². The Balaban J connectivity index is 1.68. The average Bonchev–Trinajstić information content (AvgIpc) is 2.83. The van der Waals surface area contributed by atoms with Gasteiger partial charge in [0.05, 0.1) is 25.2 Å². The minimum atomic E-state index is -0.402. The molecule has 0 aromatic heterocycles. The van der Waals surface area contributed by atoms with Crippen LogP contribution in [0, 0.1) is 5.82 Å². The number of ether oxygens (including phenoxy) is 2. The van der Waals surface area contributed by atoms with Crippen LogP contribution in [0.25, 0.3) is 0 Å². The molecule has 0 aliphatic carbocycles. The lowest BCUT2D eigenvalue weighted by molar-refractivity contribution is -0.115. The second-order valence-electron chi connectivity index (χ2n) is 7.06. The SMILES string of the molecule is CCC(Sc1cccc(NC(=O)c2ccc(F)cc2)c1)C(=O)Nc1ccc(OC)cc1OC. The summed E-state index contributed by atoms with van der Waals surface area (Å²) in [4.78, 5) is 26.2. The Bertz CT molecular complexity index is 1120. The highest BCUT2D eigenvalue weighted by molar-refractivity contribution is 8.00. The zero-order valence-electron chi connectivity index (χ0n) is 18.6. The molecule has 2 amide bonds. The number of amides is 2. The van der Waals surface area contributed by atoms with Crippen molar-refractivity contribution < 1.29 is 23.5 Å². The first-order valence-electron chi connectivity index (χ1n) is 10.3. The normalized spacial score (nSPS) is 11.4. The Labute approximate surface area is 196 Å². The van der Waals surface area contributed by atoms with Gasteiger partial charge in [0.1, 0.15) is 17.3 Å². The molecule has 0 heterocycles. The van der Waals surface area contributed by atoms with Gasteiger partial charge in [-0.25, -0.2) is 4.39 Å². The smallest absolute Gasteiger partial charge is 0.255 e. The van der Waals surface area contributed by atoms with Gasteiger partial charge in [0.15, 0.2) is 0 Å². The predicted octanol–water partition coefficient (Wildman–Crippen LogP) is 5.60. The van der Waals surface area contributed by atoms with Crippen molar-refractivity contribution in [3.05, 3.63) is 78.1 Å². The van der Waals surface area contributed by atoms with Crippen LogP contribution in [0.15, 0.2) is 71.6 Å². The Morgan fingerprint density at radius 3 is 2.39 bits per heavy atom. The molecule has 3 aromatic rings. The number of rotatable bonds is 9. The van der Waals surface area contributed by atoms with Crippen molar-refractivity contribution in [3.63, 3.8) is 0 Å². The maximum absolute atomic E-state index is 13.1. The summed E-state index contributed by atoms with van der Waals surface area (Å²) in [5.41, 5.74) is 1.50. The molecule has 0 bridgehead atoms. The third-order valence-electron chi connectivity index (χ3n) is 4.81. The third-order valence-corrected chi connectivity index (χ3v) is 6.16. The third kappa shape index (κ3) is 6.49. The van der Waals surface area contributed by atoms with Crippen molar-refractivity contribution >= 4 is 35.0 Å². The minimum absolute atomic E-state index is 0.160.